The molecule has 0 saturated heterocycles. The van der Waals surface area contributed by atoms with Crippen molar-refractivity contribution in [3.8, 4) is 0 Å². The van der Waals surface area contributed by atoms with Crippen LogP contribution in [0, 0.1) is 0 Å². The summed E-state index contributed by atoms with van der Waals surface area (Å²) in [4.78, 5) is 22.1. The fraction of sp³-hybridized carbons (Fsp3) is 0.200. The third kappa shape index (κ3) is 2.12. The quantitative estimate of drug-likeness (QED) is 0.784. The van der Waals surface area contributed by atoms with Crippen molar-refractivity contribution in [2.45, 2.75) is 13.3 Å². The van der Waals surface area contributed by atoms with Crippen molar-refractivity contribution >= 4 is 23.4 Å². The molecule has 0 amide bonds. The lowest BCUT2D eigenvalue weighted by molar-refractivity contribution is 0.0692. The van der Waals surface area contributed by atoms with Gasteiger partial charge in [-0.15, -0.1) is 0 Å². The molecular formula is C10H9ClO3. The number of halogens is 1. The first-order valence-electron chi connectivity index (χ1n) is 4.12. The van der Waals surface area contributed by atoms with Crippen LogP contribution in [0.4, 0.5) is 0 Å². The molecule has 0 spiro atoms. The molecule has 0 radical (unpaired) electrons. The highest BCUT2D eigenvalue weighted by molar-refractivity contribution is 6.31. The molecular weight excluding hydrogens is 204 g/mol. The molecule has 4 heteroatoms. The molecule has 1 N–H and O–H groups in total. The van der Waals surface area contributed by atoms with E-state index < -0.39 is 5.97 Å². The van der Waals surface area contributed by atoms with Crippen LogP contribution in [0.2, 0.25) is 5.02 Å². The zero-order chi connectivity index (χ0) is 10.7. The number of rotatable bonds is 3. The first-order chi connectivity index (χ1) is 6.56. The number of aromatic carboxylic acids is 1. The molecule has 74 valence electrons. The highest BCUT2D eigenvalue weighted by atomic mass is 35.5. The number of benzene rings is 1. The Morgan fingerprint density at radius 1 is 1.36 bits per heavy atom. The predicted octanol–water partition coefficient (Wildman–Crippen LogP) is 2.63. The van der Waals surface area contributed by atoms with Gasteiger partial charge >= 0.3 is 5.97 Å². The van der Waals surface area contributed by atoms with E-state index in [-0.39, 0.29) is 23.3 Å². The van der Waals surface area contributed by atoms with Crippen LogP contribution in [0.15, 0.2) is 18.2 Å². The van der Waals surface area contributed by atoms with E-state index in [1.54, 1.807) is 6.92 Å². The van der Waals surface area contributed by atoms with Gasteiger partial charge in [0.15, 0.2) is 5.78 Å². The molecule has 0 atom stereocenters. The molecule has 1 aromatic rings. The Morgan fingerprint density at radius 2 is 2.00 bits per heavy atom. The number of Topliss-reactive ketones (excluding diaryl/α,β-unsaturated/α-hetero) is 1. The summed E-state index contributed by atoms with van der Waals surface area (Å²) < 4.78 is 0. The second-order valence-corrected chi connectivity index (χ2v) is 3.21. The Labute approximate surface area is 86.3 Å². The topological polar surface area (TPSA) is 54.4 Å². The van der Waals surface area contributed by atoms with Crippen molar-refractivity contribution in [3.63, 3.8) is 0 Å². The van der Waals surface area contributed by atoms with Crippen LogP contribution >= 0.6 is 11.6 Å². The Hall–Kier alpha value is -1.35. The molecule has 0 fully saturated rings. The van der Waals surface area contributed by atoms with Crippen LogP contribution in [-0.4, -0.2) is 16.9 Å². The SMILES string of the molecule is CCC(=O)c1ccc(Cl)cc1C(=O)O. The van der Waals surface area contributed by atoms with Crippen LogP contribution < -0.4 is 0 Å². The monoisotopic (exact) mass is 212 g/mol. The van der Waals surface area contributed by atoms with Gasteiger partial charge in [-0.25, -0.2) is 4.79 Å². The van der Waals surface area contributed by atoms with Gasteiger partial charge < -0.3 is 5.11 Å². The number of ketones is 1. The zero-order valence-corrected chi connectivity index (χ0v) is 8.34. The molecule has 0 saturated carbocycles. The Kier molecular flexibility index (Phi) is 3.25. The number of carboxylic acids is 1. The summed E-state index contributed by atoms with van der Waals surface area (Å²) in [7, 11) is 0. The highest BCUT2D eigenvalue weighted by Gasteiger charge is 2.15. The molecule has 3 nitrogen and oxygen atoms in total. The van der Waals surface area contributed by atoms with E-state index >= 15 is 0 Å². The summed E-state index contributed by atoms with van der Waals surface area (Å²) in [6, 6.07) is 4.24. The standard InChI is InChI=1S/C10H9ClO3/c1-2-9(12)7-4-3-6(11)5-8(7)10(13)14/h3-5H,2H2,1H3,(H,13,14). The fourth-order valence-electron chi connectivity index (χ4n) is 1.13. The lowest BCUT2D eigenvalue weighted by Crippen LogP contribution is -2.07. The fourth-order valence-corrected chi connectivity index (χ4v) is 1.30. The molecule has 0 bridgehead atoms. The third-order valence-corrected chi connectivity index (χ3v) is 2.07. The molecule has 14 heavy (non-hydrogen) atoms. The van der Waals surface area contributed by atoms with Gasteiger partial charge in [-0.2, -0.15) is 0 Å². The number of hydrogen-bond acceptors (Lipinski definition) is 2. The lowest BCUT2D eigenvalue weighted by atomic mass is 10.0. The van der Waals surface area contributed by atoms with E-state index in [1.807, 2.05) is 0 Å². The first kappa shape index (κ1) is 10.7. The zero-order valence-electron chi connectivity index (χ0n) is 7.58. The third-order valence-electron chi connectivity index (χ3n) is 1.83. The Bertz CT molecular complexity index is 385. The number of carbonyl (C=O) groups is 2. The van der Waals surface area contributed by atoms with Crippen LogP contribution in [0.3, 0.4) is 0 Å². The van der Waals surface area contributed by atoms with E-state index in [0.29, 0.717) is 5.02 Å². The van der Waals surface area contributed by atoms with Gasteiger partial charge in [-0.05, 0) is 18.2 Å². The minimum Gasteiger partial charge on any atom is -0.478 e. The van der Waals surface area contributed by atoms with Gasteiger partial charge in [0.2, 0.25) is 0 Å². The van der Waals surface area contributed by atoms with E-state index in [1.165, 1.54) is 18.2 Å². The number of hydrogen-bond donors (Lipinski definition) is 1. The van der Waals surface area contributed by atoms with Crippen molar-refractivity contribution in [2.24, 2.45) is 0 Å². The lowest BCUT2D eigenvalue weighted by Gasteiger charge is -2.03. The summed E-state index contributed by atoms with van der Waals surface area (Å²) in [5.41, 5.74) is 0.175. The second kappa shape index (κ2) is 4.24. The number of carboxylic acid groups (broad SMARTS) is 1. The average molecular weight is 213 g/mol. The molecule has 0 aliphatic rings. The van der Waals surface area contributed by atoms with E-state index in [4.69, 9.17) is 16.7 Å². The first-order valence-corrected chi connectivity index (χ1v) is 4.50. The van der Waals surface area contributed by atoms with Crippen molar-refractivity contribution in [2.75, 3.05) is 0 Å². The van der Waals surface area contributed by atoms with Crippen molar-refractivity contribution < 1.29 is 14.7 Å². The van der Waals surface area contributed by atoms with E-state index in [2.05, 4.69) is 0 Å². The highest BCUT2D eigenvalue weighted by Crippen LogP contribution is 2.17. The van der Waals surface area contributed by atoms with Crippen LogP contribution in [0.25, 0.3) is 0 Å². The maximum absolute atomic E-state index is 11.3. The van der Waals surface area contributed by atoms with Crippen molar-refractivity contribution in [3.05, 3.63) is 34.3 Å². The minimum absolute atomic E-state index is 0.0376. The summed E-state index contributed by atoms with van der Waals surface area (Å²) in [5.74, 6) is -1.33. The van der Waals surface area contributed by atoms with Crippen LogP contribution in [-0.2, 0) is 0 Å². The van der Waals surface area contributed by atoms with Gasteiger partial charge in [0.05, 0.1) is 5.56 Å². The van der Waals surface area contributed by atoms with E-state index in [0.717, 1.165) is 0 Å². The summed E-state index contributed by atoms with van der Waals surface area (Å²) in [6.45, 7) is 1.68. The number of carbonyl (C=O) groups excluding carboxylic acids is 1. The predicted molar refractivity (Wildman–Crippen MR) is 53.0 cm³/mol. The molecule has 0 aromatic heterocycles. The molecule has 0 aliphatic carbocycles. The van der Waals surface area contributed by atoms with Crippen molar-refractivity contribution in [1.29, 1.82) is 0 Å². The summed E-state index contributed by atoms with van der Waals surface area (Å²) in [6.07, 6.45) is 0.280. The average Bonchev–Trinajstić information content (AvgIpc) is 2.16. The molecule has 0 unspecified atom stereocenters. The summed E-state index contributed by atoms with van der Waals surface area (Å²) in [5, 5.41) is 9.14. The largest absolute Gasteiger partial charge is 0.478 e. The smallest absolute Gasteiger partial charge is 0.336 e. The normalized spacial score (nSPS) is 9.86. The molecule has 0 heterocycles. The Morgan fingerprint density at radius 3 is 2.50 bits per heavy atom. The van der Waals surface area contributed by atoms with Crippen LogP contribution in [0.1, 0.15) is 34.1 Å². The van der Waals surface area contributed by atoms with Gasteiger partial charge in [0.1, 0.15) is 0 Å². The van der Waals surface area contributed by atoms with Crippen LogP contribution in [0.5, 0.6) is 0 Å². The molecule has 1 rings (SSSR count). The molecule has 1 aromatic carbocycles. The van der Waals surface area contributed by atoms with Gasteiger partial charge in [-0.3, -0.25) is 4.79 Å². The minimum atomic E-state index is -1.13. The van der Waals surface area contributed by atoms with Gasteiger partial charge in [0, 0.05) is 17.0 Å². The van der Waals surface area contributed by atoms with E-state index in [9.17, 15) is 9.59 Å². The summed E-state index contributed by atoms with van der Waals surface area (Å²) >= 11 is 5.63. The maximum Gasteiger partial charge on any atom is 0.336 e. The van der Waals surface area contributed by atoms with Crippen molar-refractivity contribution in [1.82, 2.24) is 0 Å². The Balaban J connectivity index is 3.28. The maximum atomic E-state index is 11.3. The second-order valence-electron chi connectivity index (χ2n) is 2.77. The van der Waals surface area contributed by atoms with Gasteiger partial charge in [-0.1, -0.05) is 18.5 Å². The molecule has 0 aliphatic heterocycles. The van der Waals surface area contributed by atoms with Gasteiger partial charge in [0.25, 0.3) is 0 Å².